The first kappa shape index (κ1) is 18.1. The van der Waals surface area contributed by atoms with E-state index in [4.69, 9.17) is 0 Å². The summed E-state index contributed by atoms with van der Waals surface area (Å²) in [7, 11) is 0. The van der Waals surface area contributed by atoms with Gasteiger partial charge >= 0.3 is 0 Å². The molecule has 4 rings (SSSR count). The fraction of sp³-hybridized carbons (Fsp3) is 0.615. The van der Waals surface area contributed by atoms with Gasteiger partial charge in [0, 0.05) is 0 Å². The molecule has 0 aliphatic heterocycles. The standard InChI is InChI=1S/C26H36/c1-18(2)8-7-9-19(3)24-14-15-25-23-13-12-20-10-5-6-11-21(20)22(23)16-17-26(24,25)4/h5-6,10-13,18-19,24-25H,7-9,14-17H2,1-4H3/t19-,24-,25+,26-/m1/s1. The van der Waals surface area contributed by atoms with Gasteiger partial charge in [0.25, 0.3) is 0 Å². The Morgan fingerprint density at radius 2 is 1.81 bits per heavy atom. The summed E-state index contributed by atoms with van der Waals surface area (Å²) in [5.41, 5.74) is 3.88. The summed E-state index contributed by atoms with van der Waals surface area (Å²) >= 11 is 0. The van der Waals surface area contributed by atoms with E-state index in [9.17, 15) is 0 Å². The topological polar surface area (TPSA) is 0 Å². The van der Waals surface area contributed by atoms with E-state index in [1.54, 1.807) is 11.1 Å². The monoisotopic (exact) mass is 348 g/mol. The first-order valence-corrected chi connectivity index (χ1v) is 11.0. The molecule has 4 atom stereocenters. The van der Waals surface area contributed by atoms with Gasteiger partial charge in [-0.2, -0.15) is 0 Å². The van der Waals surface area contributed by atoms with E-state index in [1.165, 1.54) is 55.7 Å². The van der Waals surface area contributed by atoms with Crippen LogP contribution in [-0.2, 0) is 6.42 Å². The molecule has 0 radical (unpaired) electrons. The number of rotatable bonds is 5. The van der Waals surface area contributed by atoms with Crippen LogP contribution in [-0.4, -0.2) is 0 Å². The summed E-state index contributed by atoms with van der Waals surface area (Å²) in [5.74, 6) is 3.43. The first-order chi connectivity index (χ1) is 12.5. The molecule has 2 aromatic carbocycles. The van der Waals surface area contributed by atoms with Crippen LogP contribution in [0.5, 0.6) is 0 Å². The maximum Gasteiger partial charge on any atom is -0.0102 e. The Bertz CT molecular complexity index is 771. The van der Waals surface area contributed by atoms with Gasteiger partial charge in [0.1, 0.15) is 0 Å². The van der Waals surface area contributed by atoms with Crippen molar-refractivity contribution >= 4 is 10.8 Å². The highest BCUT2D eigenvalue weighted by molar-refractivity contribution is 5.87. The van der Waals surface area contributed by atoms with Crippen molar-refractivity contribution in [3.05, 3.63) is 47.5 Å². The molecule has 0 nitrogen and oxygen atoms in total. The molecule has 140 valence electrons. The van der Waals surface area contributed by atoms with Gasteiger partial charge in [-0.1, -0.05) is 83.4 Å². The second-order valence-electron chi connectivity index (χ2n) is 9.90. The Morgan fingerprint density at radius 3 is 2.62 bits per heavy atom. The molecular weight excluding hydrogens is 312 g/mol. The molecule has 2 aliphatic rings. The van der Waals surface area contributed by atoms with Gasteiger partial charge in [-0.3, -0.25) is 0 Å². The minimum Gasteiger partial charge on any atom is -0.0628 e. The van der Waals surface area contributed by atoms with Gasteiger partial charge in [0.05, 0.1) is 0 Å². The van der Waals surface area contributed by atoms with Crippen LogP contribution in [0.1, 0.15) is 83.3 Å². The molecule has 0 bridgehead atoms. The second kappa shape index (κ2) is 7.02. The minimum atomic E-state index is 0.521. The average Bonchev–Trinajstić information content (AvgIpc) is 2.98. The average molecular weight is 349 g/mol. The van der Waals surface area contributed by atoms with Gasteiger partial charge < -0.3 is 0 Å². The minimum absolute atomic E-state index is 0.521. The van der Waals surface area contributed by atoms with Crippen molar-refractivity contribution in [3.8, 4) is 0 Å². The van der Waals surface area contributed by atoms with Crippen LogP contribution < -0.4 is 0 Å². The quantitative estimate of drug-likeness (QED) is 0.518. The van der Waals surface area contributed by atoms with E-state index in [0.717, 1.165) is 23.7 Å². The lowest BCUT2D eigenvalue weighted by Gasteiger charge is -2.44. The summed E-state index contributed by atoms with van der Waals surface area (Å²) in [5, 5.41) is 2.94. The van der Waals surface area contributed by atoms with Crippen LogP contribution in [0, 0.1) is 23.2 Å². The molecule has 0 spiro atoms. The van der Waals surface area contributed by atoms with E-state index in [1.807, 2.05) is 0 Å². The molecule has 0 aromatic heterocycles. The van der Waals surface area contributed by atoms with Crippen molar-refractivity contribution < 1.29 is 0 Å². The zero-order valence-electron chi connectivity index (χ0n) is 17.2. The number of hydrogen-bond donors (Lipinski definition) is 0. The highest BCUT2D eigenvalue weighted by Crippen LogP contribution is 2.61. The molecule has 1 saturated carbocycles. The summed E-state index contributed by atoms with van der Waals surface area (Å²) < 4.78 is 0. The van der Waals surface area contributed by atoms with Crippen LogP contribution >= 0.6 is 0 Å². The lowest BCUT2D eigenvalue weighted by molar-refractivity contribution is 0.119. The number of benzene rings is 2. The van der Waals surface area contributed by atoms with Crippen molar-refractivity contribution in [2.45, 2.75) is 78.6 Å². The summed E-state index contributed by atoms with van der Waals surface area (Å²) in [6.45, 7) is 9.90. The maximum atomic E-state index is 2.63. The number of fused-ring (bicyclic) bond motifs is 5. The molecule has 1 fully saturated rings. The molecule has 0 heteroatoms. The molecule has 0 unspecified atom stereocenters. The fourth-order valence-electron chi connectivity index (χ4n) is 6.47. The molecule has 0 saturated heterocycles. The van der Waals surface area contributed by atoms with E-state index < -0.39 is 0 Å². The smallest absolute Gasteiger partial charge is 0.0102 e. The fourth-order valence-corrected chi connectivity index (χ4v) is 6.47. The van der Waals surface area contributed by atoms with Gasteiger partial charge in [-0.05, 0) is 76.7 Å². The Morgan fingerprint density at radius 1 is 1.00 bits per heavy atom. The lowest BCUT2D eigenvalue weighted by Crippen LogP contribution is -2.35. The van der Waals surface area contributed by atoms with Gasteiger partial charge in [0.2, 0.25) is 0 Å². The largest absolute Gasteiger partial charge is 0.0628 e. The Hall–Kier alpha value is -1.30. The van der Waals surface area contributed by atoms with Crippen LogP contribution in [0.4, 0.5) is 0 Å². The van der Waals surface area contributed by atoms with Crippen molar-refractivity contribution in [3.63, 3.8) is 0 Å². The molecule has 2 aliphatic carbocycles. The normalized spacial score (nSPS) is 29.0. The zero-order valence-corrected chi connectivity index (χ0v) is 17.2. The van der Waals surface area contributed by atoms with Gasteiger partial charge in [0.15, 0.2) is 0 Å². The molecule has 0 N–H and O–H groups in total. The van der Waals surface area contributed by atoms with Crippen molar-refractivity contribution in [2.24, 2.45) is 23.2 Å². The van der Waals surface area contributed by atoms with Crippen LogP contribution in [0.2, 0.25) is 0 Å². The maximum absolute atomic E-state index is 2.63. The zero-order chi connectivity index (χ0) is 18.3. The van der Waals surface area contributed by atoms with E-state index >= 15 is 0 Å². The van der Waals surface area contributed by atoms with Gasteiger partial charge in [-0.15, -0.1) is 0 Å². The Kier molecular flexibility index (Phi) is 4.88. The van der Waals surface area contributed by atoms with Gasteiger partial charge in [-0.25, -0.2) is 0 Å². The highest BCUT2D eigenvalue weighted by Gasteiger charge is 2.50. The number of hydrogen-bond acceptors (Lipinski definition) is 0. The molecule has 2 aromatic rings. The predicted octanol–water partition coefficient (Wildman–Crippen LogP) is 7.75. The van der Waals surface area contributed by atoms with Crippen molar-refractivity contribution in [1.82, 2.24) is 0 Å². The van der Waals surface area contributed by atoms with Crippen molar-refractivity contribution in [2.75, 3.05) is 0 Å². The Labute approximate surface area is 160 Å². The van der Waals surface area contributed by atoms with Crippen molar-refractivity contribution in [1.29, 1.82) is 0 Å². The van der Waals surface area contributed by atoms with Crippen LogP contribution in [0.15, 0.2) is 36.4 Å². The number of aryl methyl sites for hydroxylation is 1. The van der Waals surface area contributed by atoms with E-state index in [2.05, 4.69) is 64.1 Å². The molecule has 0 heterocycles. The summed E-state index contributed by atoms with van der Waals surface area (Å²) in [4.78, 5) is 0. The SMILES string of the molecule is CC(C)CCC[C@@H](C)[C@H]1CC[C@H]2c3ccc4ccccc4c3CC[C@]12C. The van der Waals surface area contributed by atoms with Crippen LogP contribution in [0.25, 0.3) is 10.8 Å². The third-order valence-electron chi connectivity index (χ3n) is 7.90. The second-order valence-corrected chi connectivity index (χ2v) is 9.90. The highest BCUT2D eigenvalue weighted by atomic mass is 14.5. The third kappa shape index (κ3) is 3.00. The van der Waals surface area contributed by atoms with E-state index in [0.29, 0.717) is 5.41 Å². The third-order valence-corrected chi connectivity index (χ3v) is 7.90. The molecular formula is C26H36. The van der Waals surface area contributed by atoms with E-state index in [-0.39, 0.29) is 0 Å². The summed E-state index contributed by atoms with van der Waals surface area (Å²) in [6.07, 6.45) is 9.74. The summed E-state index contributed by atoms with van der Waals surface area (Å²) in [6, 6.07) is 13.9. The molecule has 26 heavy (non-hydrogen) atoms. The first-order valence-electron chi connectivity index (χ1n) is 11.0. The predicted molar refractivity (Wildman–Crippen MR) is 114 cm³/mol. The molecule has 0 amide bonds. The lowest BCUT2D eigenvalue weighted by atomic mass is 9.60. The Balaban J connectivity index is 1.59. The van der Waals surface area contributed by atoms with Crippen LogP contribution in [0.3, 0.4) is 0 Å².